The zero-order valence-corrected chi connectivity index (χ0v) is 3.92. The van der Waals surface area contributed by atoms with Gasteiger partial charge in [0.05, 0.1) is 0 Å². The molecule has 0 bridgehead atoms. The minimum Gasteiger partial charge on any atom is -0.370 e. The largest absolute Gasteiger partial charge is 0.370 e. The van der Waals surface area contributed by atoms with Gasteiger partial charge < -0.3 is 10.00 Å². The normalized spacial score (nSPS) is 14.3. The van der Waals surface area contributed by atoms with Crippen molar-refractivity contribution in [3.05, 3.63) is 0 Å². The topological polar surface area (TPSA) is 66.8 Å². The predicted molar refractivity (Wildman–Crippen MR) is 19.4 cm³/mol. The van der Waals surface area contributed by atoms with Crippen molar-refractivity contribution in [1.82, 2.24) is 0 Å². The van der Waals surface area contributed by atoms with Crippen LogP contribution in [0.1, 0.15) is 0 Å². The van der Waals surface area contributed by atoms with Gasteiger partial charge in [-0.2, -0.15) is 0 Å². The fraction of sp³-hybridized carbons (Fsp3) is 1.00. The first kappa shape index (κ1) is 6.11. The molecule has 6 heavy (non-hydrogen) atoms. The third-order valence-electron chi connectivity index (χ3n) is 0.188. The lowest BCUT2D eigenvalue weighted by atomic mass is 11.6. The molecule has 0 saturated heterocycles. The highest BCUT2D eigenvalue weighted by Gasteiger charge is 1.82. The van der Waals surface area contributed by atoms with Gasteiger partial charge in [-0.1, -0.05) is 0 Å². The fourth-order valence-electron chi connectivity index (χ4n) is 0.0552. The summed E-state index contributed by atoms with van der Waals surface area (Å²) in [6.45, 7) is -0.686. The molecule has 0 radical (unpaired) electrons. The van der Waals surface area contributed by atoms with Crippen molar-refractivity contribution in [2.24, 2.45) is 0 Å². The van der Waals surface area contributed by atoms with E-state index < -0.39 is 15.0 Å². The summed E-state index contributed by atoms with van der Waals surface area (Å²) in [6, 6.07) is 0. The quantitative estimate of drug-likeness (QED) is 0.367. The molecule has 1 atom stereocenters. The minimum absolute atomic E-state index is 0.686. The van der Waals surface area contributed by atoms with Gasteiger partial charge in [-0.05, 0) is 0 Å². The number of aliphatic hydroxyl groups is 1. The Bertz CT molecular complexity index is 51.5. The van der Waals surface area contributed by atoms with Crippen molar-refractivity contribution in [2.45, 2.75) is 0 Å². The van der Waals surface area contributed by atoms with Crippen molar-refractivity contribution in [3.8, 4) is 0 Å². The molecule has 0 amide bonds. The highest BCUT2D eigenvalue weighted by molar-refractivity contribution is 7.32. The molecule has 0 saturated carbocycles. The number of hydrogen-bond acceptors (Lipinski definition) is 3. The van der Waals surface area contributed by atoms with Gasteiger partial charge in [0.2, 0.25) is 0 Å². The van der Waals surface area contributed by atoms with E-state index in [0.29, 0.717) is 0 Å². The average Bonchev–Trinajstić information content (AvgIpc) is 1.35. The fourth-order valence-corrected chi connectivity index (χ4v) is 0.166. The molecule has 0 aromatic heterocycles. The van der Waals surface area contributed by atoms with E-state index in [2.05, 4.69) is 4.52 Å². The van der Waals surface area contributed by atoms with Crippen LogP contribution in [0.5, 0.6) is 0 Å². The van der Waals surface area contributed by atoms with Gasteiger partial charge in [0.1, 0.15) is 0 Å². The lowest BCUT2D eigenvalue weighted by Gasteiger charge is -1.86. The summed E-state index contributed by atoms with van der Waals surface area (Å²) < 4.78 is 13.1. The lowest BCUT2D eigenvalue weighted by molar-refractivity contribution is 0.0946. The van der Waals surface area contributed by atoms with E-state index in [1.54, 1.807) is 0 Å². The number of rotatable bonds is 2. The second-order valence-electron chi connectivity index (χ2n) is 0.539. The van der Waals surface area contributed by atoms with E-state index in [9.17, 15) is 4.57 Å². The van der Waals surface area contributed by atoms with Crippen LogP contribution < -0.4 is 0 Å². The van der Waals surface area contributed by atoms with Crippen LogP contribution in [0.3, 0.4) is 0 Å². The molecule has 0 heterocycles. The molecule has 0 rings (SSSR count). The van der Waals surface area contributed by atoms with E-state index in [-0.39, 0.29) is 0 Å². The Morgan fingerprint density at radius 3 is 2.33 bits per heavy atom. The first-order valence-corrected chi connectivity index (χ1v) is 2.50. The van der Waals surface area contributed by atoms with Gasteiger partial charge in [-0.3, -0.25) is 9.09 Å². The maximum absolute atomic E-state index is 9.40. The van der Waals surface area contributed by atoms with Crippen LogP contribution in [0.15, 0.2) is 0 Å². The maximum atomic E-state index is 9.40. The third-order valence-corrected chi connectivity index (χ3v) is 0.564. The molecule has 1 unspecified atom stereocenters. The van der Waals surface area contributed by atoms with Crippen molar-refractivity contribution in [1.29, 1.82) is 0 Å². The number of hydrogen-bond donors (Lipinski definition) is 2. The third kappa shape index (κ3) is 4.11. The van der Waals surface area contributed by atoms with Gasteiger partial charge in [0, 0.05) is 0 Å². The molecular weight excluding hydrogens is 107 g/mol. The summed E-state index contributed by atoms with van der Waals surface area (Å²) in [5.41, 5.74) is 0. The molecule has 0 spiro atoms. The first-order valence-electron chi connectivity index (χ1n) is 1.24. The second kappa shape index (κ2) is 3.31. The molecule has 0 aliphatic carbocycles. The highest BCUT2D eigenvalue weighted by Crippen LogP contribution is 2.11. The van der Waals surface area contributed by atoms with Crippen LogP contribution in [-0.2, 0) is 9.09 Å². The molecule has 4 nitrogen and oxygen atoms in total. The van der Waals surface area contributed by atoms with E-state index in [1.807, 2.05) is 0 Å². The minimum atomic E-state index is -2.89. The van der Waals surface area contributed by atoms with Crippen molar-refractivity contribution >= 4 is 8.25 Å². The molecule has 5 heteroatoms. The zero-order valence-electron chi connectivity index (χ0n) is 2.92. The average molecular weight is 112 g/mol. The molecule has 0 aliphatic rings. The first-order chi connectivity index (χ1) is 2.77. The second-order valence-corrected chi connectivity index (χ2v) is 1.36. The zero-order chi connectivity index (χ0) is 4.99. The summed E-state index contributed by atoms with van der Waals surface area (Å²) in [6.07, 6.45) is 0. The Balaban J connectivity index is 2.83. The van der Waals surface area contributed by atoms with E-state index in [1.165, 1.54) is 0 Å². The van der Waals surface area contributed by atoms with E-state index in [4.69, 9.17) is 10.00 Å². The van der Waals surface area contributed by atoms with Crippen molar-refractivity contribution < 1.29 is 19.1 Å². The Labute approximate surface area is 35.3 Å². The lowest BCUT2D eigenvalue weighted by Crippen LogP contribution is -1.78. The Kier molecular flexibility index (Phi) is 3.37. The standard InChI is InChI=1S/CH5O4P/c2-1-5-6(3)4/h2,6H,1H2,(H,3,4). The van der Waals surface area contributed by atoms with Crippen LogP contribution >= 0.6 is 8.25 Å². The van der Waals surface area contributed by atoms with Crippen LogP contribution in [0.4, 0.5) is 0 Å². The van der Waals surface area contributed by atoms with Crippen LogP contribution in [0.25, 0.3) is 0 Å². The van der Waals surface area contributed by atoms with Crippen LogP contribution in [0.2, 0.25) is 0 Å². The number of aliphatic hydroxyl groups excluding tert-OH is 1. The Hall–Kier alpha value is 0.110. The van der Waals surface area contributed by atoms with Crippen LogP contribution in [-0.4, -0.2) is 16.8 Å². The molecule has 2 N–H and O–H groups in total. The monoisotopic (exact) mass is 112 g/mol. The van der Waals surface area contributed by atoms with Gasteiger partial charge >= 0.3 is 8.25 Å². The predicted octanol–water partition coefficient (Wildman–Crippen LogP) is -0.665. The summed E-state index contributed by atoms with van der Waals surface area (Å²) in [4.78, 5) is 7.72. The SMILES string of the molecule is O=[PH](O)OCO. The van der Waals surface area contributed by atoms with Gasteiger partial charge in [-0.15, -0.1) is 0 Å². The summed E-state index contributed by atoms with van der Waals surface area (Å²) in [5.74, 6) is 0. The van der Waals surface area contributed by atoms with E-state index >= 15 is 0 Å². The summed E-state index contributed by atoms with van der Waals surface area (Å²) in [7, 11) is -2.89. The summed E-state index contributed by atoms with van der Waals surface area (Å²) in [5, 5.41) is 7.68. The smallest absolute Gasteiger partial charge is 0.318 e. The van der Waals surface area contributed by atoms with Gasteiger partial charge in [0.15, 0.2) is 6.79 Å². The molecular formula is CH5O4P. The molecule has 38 valence electrons. The molecule has 0 aliphatic heterocycles. The highest BCUT2D eigenvalue weighted by atomic mass is 31.1. The maximum Gasteiger partial charge on any atom is 0.318 e. The molecule has 0 fully saturated rings. The van der Waals surface area contributed by atoms with Crippen LogP contribution in [0, 0.1) is 0 Å². The Morgan fingerprint density at radius 2 is 2.33 bits per heavy atom. The van der Waals surface area contributed by atoms with E-state index in [0.717, 1.165) is 0 Å². The van der Waals surface area contributed by atoms with Gasteiger partial charge in [0.25, 0.3) is 0 Å². The van der Waals surface area contributed by atoms with Gasteiger partial charge in [-0.25, -0.2) is 0 Å². The van der Waals surface area contributed by atoms with Crippen molar-refractivity contribution in [3.63, 3.8) is 0 Å². The molecule has 0 aromatic carbocycles. The van der Waals surface area contributed by atoms with Crippen molar-refractivity contribution in [2.75, 3.05) is 6.79 Å². The summed E-state index contributed by atoms with van der Waals surface area (Å²) >= 11 is 0. The Morgan fingerprint density at radius 1 is 1.83 bits per heavy atom. The molecule has 0 aromatic rings.